The molecule has 1 atom stereocenters. The number of anilines is 1. The van der Waals surface area contributed by atoms with E-state index >= 15 is 0 Å². The molecule has 0 spiro atoms. The van der Waals surface area contributed by atoms with Gasteiger partial charge in [-0.2, -0.15) is 0 Å². The number of hydrogen-bond donors (Lipinski definition) is 1. The van der Waals surface area contributed by atoms with Crippen molar-refractivity contribution in [3.8, 4) is 0 Å². The van der Waals surface area contributed by atoms with Gasteiger partial charge in [-0.25, -0.2) is 0 Å². The molecule has 0 aliphatic carbocycles. The topological polar surface area (TPSA) is 58.8 Å². The minimum atomic E-state index is -0.375. The van der Waals surface area contributed by atoms with Crippen molar-refractivity contribution in [3.63, 3.8) is 0 Å². The Morgan fingerprint density at radius 3 is 2.68 bits per heavy atom. The number of fused-ring (bicyclic) bond motifs is 1. The van der Waals surface area contributed by atoms with E-state index in [1.807, 2.05) is 24.3 Å². The van der Waals surface area contributed by atoms with Crippen LogP contribution < -0.4 is 10.6 Å². The number of amides is 1. The van der Waals surface area contributed by atoms with Crippen LogP contribution in [0.1, 0.15) is 40.4 Å². The highest BCUT2D eigenvalue weighted by molar-refractivity contribution is 5.93. The molecule has 4 rings (SSSR count). The van der Waals surface area contributed by atoms with Crippen molar-refractivity contribution in [3.05, 3.63) is 65.2 Å². The first-order valence-electron chi connectivity index (χ1n) is 10.3. The zero-order chi connectivity index (χ0) is 19.3. The Kier molecular flexibility index (Phi) is 5.93. The Bertz CT molecular complexity index is 806. The summed E-state index contributed by atoms with van der Waals surface area (Å²) in [6.45, 7) is 6.09. The highest BCUT2D eigenvalue weighted by atomic mass is 16.5. The van der Waals surface area contributed by atoms with Gasteiger partial charge in [0.25, 0.3) is 0 Å². The lowest BCUT2D eigenvalue weighted by molar-refractivity contribution is 0.0297. The molecule has 0 aromatic heterocycles. The smallest absolute Gasteiger partial charge is 0.248 e. The Morgan fingerprint density at radius 1 is 1.04 bits per heavy atom. The Hall–Kier alpha value is -2.37. The fraction of sp³-hybridized carbons (Fsp3) is 0.435. The molecule has 1 fully saturated rings. The first-order chi connectivity index (χ1) is 13.7. The van der Waals surface area contributed by atoms with Gasteiger partial charge in [0.2, 0.25) is 5.91 Å². The third-order valence-corrected chi connectivity index (χ3v) is 5.91. The second-order valence-electron chi connectivity index (χ2n) is 7.69. The fourth-order valence-electron chi connectivity index (χ4n) is 4.30. The van der Waals surface area contributed by atoms with E-state index in [-0.39, 0.29) is 12.0 Å². The Labute approximate surface area is 167 Å². The summed E-state index contributed by atoms with van der Waals surface area (Å²) in [6, 6.07) is 16.3. The van der Waals surface area contributed by atoms with E-state index in [0.717, 1.165) is 64.3 Å². The number of carbonyl (C=O) groups is 1. The third-order valence-electron chi connectivity index (χ3n) is 5.91. The van der Waals surface area contributed by atoms with E-state index in [4.69, 9.17) is 10.5 Å². The molecule has 1 unspecified atom stereocenters. The van der Waals surface area contributed by atoms with Crippen LogP contribution >= 0.6 is 0 Å². The lowest BCUT2D eigenvalue weighted by atomic mass is 9.96. The quantitative estimate of drug-likeness (QED) is 0.868. The van der Waals surface area contributed by atoms with E-state index < -0.39 is 0 Å². The molecule has 2 aliphatic heterocycles. The van der Waals surface area contributed by atoms with Crippen molar-refractivity contribution in [1.29, 1.82) is 0 Å². The molecule has 5 heteroatoms. The minimum absolute atomic E-state index is 0.227. The molecule has 5 nitrogen and oxygen atoms in total. The number of primary amides is 1. The second kappa shape index (κ2) is 8.76. The summed E-state index contributed by atoms with van der Waals surface area (Å²) in [5.41, 5.74) is 9.89. The SMILES string of the molecule is NC(=O)c1ccc(N2CCCN(CCC3OCCc4ccccc43)CC2)cc1. The van der Waals surface area contributed by atoms with Gasteiger partial charge in [0, 0.05) is 37.4 Å². The van der Waals surface area contributed by atoms with Gasteiger partial charge >= 0.3 is 0 Å². The zero-order valence-electron chi connectivity index (χ0n) is 16.3. The Morgan fingerprint density at radius 2 is 1.86 bits per heavy atom. The van der Waals surface area contributed by atoms with Gasteiger partial charge in [0.15, 0.2) is 0 Å². The lowest BCUT2D eigenvalue weighted by Gasteiger charge is -2.29. The standard InChI is InChI=1S/C23H29N3O2/c24-23(27)19-6-8-20(9-7-19)26-13-3-12-25(15-16-26)14-10-22-21-5-2-1-4-18(21)11-17-28-22/h1-2,4-9,22H,3,10-17H2,(H2,24,27). The highest BCUT2D eigenvalue weighted by Crippen LogP contribution is 2.29. The van der Waals surface area contributed by atoms with Crippen molar-refractivity contribution in [1.82, 2.24) is 4.90 Å². The summed E-state index contributed by atoms with van der Waals surface area (Å²) in [5.74, 6) is -0.375. The van der Waals surface area contributed by atoms with Crippen LogP contribution in [0.4, 0.5) is 5.69 Å². The maximum atomic E-state index is 11.3. The summed E-state index contributed by atoms with van der Waals surface area (Å²) in [4.78, 5) is 16.2. The predicted molar refractivity (Wildman–Crippen MR) is 112 cm³/mol. The van der Waals surface area contributed by atoms with Gasteiger partial charge in [-0.1, -0.05) is 24.3 Å². The van der Waals surface area contributed by atoms with E-state index in [1.165, 1.54) is 11.1 Å². The number of benzene rings is 2. The molecule has 0 saturated carbocycles. The maximum Gasteiger partial charge on any atom is 0.248 e. The molecule has 2 heterocycles. The number of rotatable bonds is 5. The summed E-state index contributed by atoms with van der Waals surface area (Å²) in [7, 11) is 0. The van der Waals surface area contributed by atoms with Crippen LogP contribution in [0.2, 0.25) is 0 Å². The first kappa shape index (κ1) is 19.0. The van der Waals surface area contributed by atoms with Crippen molar-refractivity contribution in [2.75, 3.05) is 44.2 Å². The summed E-state index contributed by atoms with van der Waals surface area (Å²) in [6.07, 6.45) is 3.44. The molecule has 2 N–H and O–H groups in total. The van der Waals surface area contributed by atoms with Crippen LogP contribution in [0.3, 0.4) is 0 Å². The van der Waals surface area contributed by atoms with Crippen LogP contribution in [0.15, 0.2) is 48.5 Å². The highest BCUT2D eigenvalue weighted by Gasteiger charge is 2.22. The van der Waals surface area contributed by atoms with Crippen LogP contribution in [0, 0.1) is 0 Å². The molecule has 2 aromatic rings. The molecule has 148 valence electrons. The van der Waals surface area contributed by atoms with Gasteiger partial charge in [0.05, 0.1) is 12.7 Å². The Balaban J connectivity index is 1.32. The van der Waals surface area contributed by atoms with Crippen LogP contribution in [-0.2, 0) is 11.2 Å². The van der Waals surface area contributed by atoms with Gasteiger partial charge in [-0.15, -0.1) is 0 Å². The summed E-state index contributed by atoms with van der Waals surface area (Å²) >= 11 is 0. The van der Waals surface area contributed by atoms with Crippen molar-refractivity contribution < 1.29 is 9.53 Å². The van der Waals surface area contributed by atoms with Gasteiger partial charge < -0.3 is 20.3 Å². The van der Waals surface area contributed by atoms with Crippen molar-refractivity contribution in [2.24, 2.45) is 5.73 Å². The van der Waals surface area contributed by atoms with Crippen molar-refractivity contribution >= 4 is 11.6 Å². The summed E-state index contributed by atoms with van der Waals surface area (Å²) < 4.78 is 6.07. The normalized spacial score (nSPS) is 20.4. The number of ether oxygens (including phenoxy) is 1. The molecule has 2 aromatic carbocycles. The second-order valence-corrected chi connectivity index (χ2v) is 7.69. The zero-order valence-corrected chi connectivity index (χ0v) is 16.3. The minimum Gasteiger partial charge on any atom is -0.373 e. The van der Waals surface area contributed by atoms with Gasteiger partial charge in [0.1, 0.15) is 0 Å². The van der Waals surface area contributed by atoms with Crippen LogP contribution in [0.25, 0.3) is 0 Å². The lowest BCUT2D eigenvalue weighted by Crippen LogP contribution is -2.32. The van der Waals surface area contributed by atoms with Crippen LogP contribution in [-0.4, -0.2) is 50.1 Å². The molecule has 1 amide bonds. The van der Waals surface area contributed by atoms with E-state index in [2.05, 4.69) is 34.1 Å². The maximum absolute atomic E-state index is 11.3. The number of nitrogens with two attached hydrogens (primary N) is 1. The number of hydrogen-bond acceptors (Lipinski definition) is 4. The fourth-order valence-corrected chi connectivity index (χ4v) is 4.30. The average molecular weight is 380 g/mol. The molecule has 2 aliphatic rings. The largest absolute Gasteiger partial charge is 0.373 e. The number of nitrogens with zero attached hydrogens (tertiary/aromatic N) is 2. The van der Waals surface area contributed by atoms with Gasteiger partial charge in [-0.3, -0.25) is 4.79 Å². The molecule has 28 heavy (non-hydrogen) atoms. The van der Waals surface area contributed by atoms with E-state index in [9.17, 15) is 4.79 Å². The molecular weight excluding hydrogens is 350 g/mol. The molecule has 1 saturated heterocycles. The third kappa shape index (κ3) is 4.37. The van der Waals surface area contributed by atoms with Crippen molar-refractivity contribution in [2.45, 2.75) is 25.4 Å². The monoisotopic (exact) mass is 379 g/mol. The molecule has 0 radical (unpaired) electrons. The average Bonchev–Trinajstić information content (AvgIpc) is 2.98. The molecule has 0 bridgehead atoms. The van der Waals surface area contributed by atoms with Gasteiger partial charge in [-0.05, 0) is 61.2 Å². The van der Waals surface area contributed by atoms with E-state index in [0.29, 0.717) is 5.56 Å². The summed E-state index contributed by atoms with van der Waals surface area (Å²) in [5, 5.41) is 0. The van der Waals surface area contributed by atoms with E-state index in [1.54, 1.807) is 0 Å². The molecular formula is C23H29N3O2. The number of carbonyl (C=O) groups excluding carboxylic acids is 1. The van der Waals surface area contributed by atoms with Crippen LogP contribution in [0.5, 0.6) is 0 Å². The predicted octanol–water partition coefficient (Wildman–Crippen LogP) is 3.00. The first-order valence-corrected chi connectivity index (χ1v) is 10.3.